The molecular formula is C12H14N2O5S. The van der Waals surface area contributed by atoms with Crippen LogP contribution in [0.4, 0.5) is 0 Å². The Kier molecular flexibility index (Phi) is 3.78. The highest BCUT2D eigenvalue weighted by atomic mass is 32.2. The molecule has 1 heterocycles. The molecule has 20 heavy (non-hydrogen) atoms. The van der Waals surface area contributed by atoms with Gasteiger partial charge in [-0.2, -0.15) is 0 Å². The van der Waals surface area contributed by atoms with Crippen molar-refractivity contribution >= 4 is 21.8 Å². The van der Waals surface area contributed by atoms with E-state index in [2.05, 4.69) is 5.32 Å². The third-order valence-electron chi connectivity index (χ3n) is 3.00. The zero-order valence-electron chi connectivity index (χ0n) is 10.7. The van der Waals surface area contributed by atoms with Gasteiger partial charge in [-0.25, -0.2) is 13.1 Å². The zero-order chi connectivity index (χ0) is 14.9. The van der Waals surface area contributed by atoms with Gasteiger partial charge in [0.25, 0.3) is 10.0 Å². The fourth-order valence-electron chi connectivity index (χ4n) is 1.87. The minimum Gasteiger partial charge on any atom is -0.390 e. The number of hydrogen-bond donors (Lipinski definition) is 3. The largest absolute Gasteiger partial charge is 0.390 e. The van der Waals surface area contributed by atoms with Crippen LogP contribution in [0.2, 0.25) is 0 Å². The third-order valence-corrected chi connectivity index (χ3v) is 4.36. The van der Waals surface area contributed by atoms with Crippen LogP contribution in [0.25, 0.3) is 0 Å². The van der Waals surface area contributed by atoms with E-state index in [1.165, 1.54) is 12.1 Å². The standard InChI is InChI=1S/C12H14N2O5S/c1-7-2-4-8(5-3-7)20(18,19)14-12(17)10-9(15)6-13-11(10)16/h2-5,9-10,15H,6H2,1H3,(H,13,16)(H,14,17). The van der Waals surface area contributed by atoms with Gasteiger partial charge in [-0.1, -0.05) is 17.7 Å². The van der Waals surface area contributed by atoms with Gasteiger partial charge < -0.3 is 10.4 Å². The lowest BCUT2D eigenvalue weighted by molar-refractivity contribution is -0.134. The summed E-state index contributed by atoms with van der Waals surface area (Å²) in [6.07, 6.45) is -1.23. The fourth-order valence-corrected chi connectivity index (χ4v) is 2.88. The number of sulfonamides is 1. The quantitative estimate of drug-likeness (QED) is 0.614. The van der Waals surface area contributed by atoms with Crippen LogP contribution >= 0.6 is 0 Å². The number of aliphatic hydroxyl groups excluding tert-OH is 1. The van der Waals surface area contributed by atoms with Crippen LogP contribution in [0.3, 0.4) is 0 Å². The highest BCUT2D eigenvalue weighted by Gasteiger charge is 2.40. The smallest absolute Gasteiger partial charge is 0.264 e. The molecule has 108 valence electrons. The molecule has 2 atom stereocenters. The highest BCUT2D eigenvalue weighted by Crippen LogP contribution is 2.14. The Morgan fingerprint density at radius 2 is 1.95 bits per heavy atom. The molecular weight excluding hydrogens is 284 g/mol. The van der Waals surface area contributed by atoms with Crippen molar-refractivity contribution in [2.45, 2.75) is 17.9 Å². The van der Waals surface area contributed by atoms with Gasteiger partial charge in [0.05, 0.1) is 11.0 Å². The Balaban J connectivity index is 2.18. The summed E-state index contributed by atoms with van der Waals surface area (Å²) < 4.78 is 25.8. The molecule has 0 saturated carbocycles. The van der Waals surface area contributed by atoms with Crippen LogP contribution in [-0.4, -0.2) is 38.0 Å². The third kappa shape index (κ3) is 2.81. The number of rotatable bonds is 3. The summed E-state index contributed by atoms with van der Waals surface area (Å²) in [5.41, 5.74) is 0.876. The summed E-state index contributed by atoms with van der Waals surface area (Å²) in [6.45, 7) is 1.73. The first-order valence-electron chi connectivity index (χ1n) is 5.90. The number of β-amino-alcohol motifs (C(OH)–C–C–N with tert-alkyl or cyclic N) is 1. The molecule has 0 radical (unpaired) electrons. The normalized spacial score (nSPS) is 22.4. The summed E-state index contributed by atoms with van der Waals surface area (Å²) in [5.74, 6) is -3.13. The molecule has 3 N–H and O–H groups in total. The minimum absolute atomic E-state index is 0.0680. The van der Waals surface area contributed by atoms with E-state index in [-0.39, 0.29) is 11.4 Å². The van der Waals surface area contributed by atoms with Gasteiger partial charge in [0.1, 0.15) is 5.92 Å². The van der Waals surface area contributed by atoms with Crippen molar-refractivity contribution in [2.75, 3.05) is 6.54 Å². The molecule has 0 aromatic heterocycles. The van der Waals surface area contributed by atoms with Crippen LogP contribution in [0, 0.1) is 12.8 Å². The van der Waals surface area contributed by atoms with Crippen molar-refractivity contribution in [3.63, 3.8) is 0 Å². The van der Waals surface area contributed by atoms with Crippen molar-refractivity contribution < 1.29 is 23.1 Å². The molecule has 1 aliphatic rings. The second-order valence-electron chi connectivity index (χ2n) is 4.57. The fraction of sp³-hybridized carbons (Fsp3) is 0.333. The lowest BCUT2D eigenvalue weighted by atomic mass is 10.1. The molecule has 1 aromatic rings. The van der Waals surface area contributed by atoms with Gasteiger partial charge in [-0.05, 0) is 19.1 Å². The van der Waals surface area contributed by atoms with E-state index in [1.807, 2.05) is 4.72 Å². The number of aliphatic hydroxyl groups is 1. The number of carbonyl (C=O) groups is 2. The lowest BCUT2D eigenvalue weighted by Crippen LogP contribution is -2.42. The SMILES string of the molecule is Cc1ccc(S(=O)(=O)NC(=O)C2C(=O)NCC2O)cc1. The van der Waals surface area contributed by atoms with Crippen LogP contribution in [-0.2, 0) is 19.6 Å². The minimum atomic E-state index is -4.05. The molecule has 2 unspecified atom stereocenters. The zero-order valence-corrected chi connectivity index (χ0v) is 11.5. The number of benzene rings is 1. The predicted molar refractivity (Wildman–Crippen MR) is 69.0 cm³/mol. The second-order valence-corrected chi connectivity index (χ2v) is 6.26. The molecule has 8 heteroatoms. The topological polar surface area (TPSA) is 113 Å². The van der Waals surface area contributed by atoms with Crippen molar-refractivity contribution in [1.29, 1.82) is 0 Å². The molecule has 1 fully saturated rings. The maximum Gasteiger partial charge on any atom is 0.264 e. The van der Waals surface area contributed by atoms with Crippen LogP contribution in [0.1, 0.15) is 5.56 Å². The van der Waals surface area contributed by atoms with E-state index < -0.39 is 33.9 Å². The average Bonchev–Trinajstić information content (AvgIpc) is 2.69. The maximum atomic E-state index is 12.0. The van der Waals surface area contributed by atoms with E-state index in [1.54, 1.807) is 19.1 Å². The Morgan fingerprint density at radius 1 is 1.35 bits per heavy atom. The highest BCUT2D eigenvalue weighted by molar-refractivity contribution is 7.90. The summed E-state index contributed by atoms with van der Waals surface area (Å²) >= 11 is 0. The van der Waals surface area contributed by atoms with Gasteiger partial charge in [0.15, 0.2) is 0 Å². The van der Waals surface area contributed by atoms with Crippen molar-refractivity contribution in [3.05, 3.63) is 29.8 Å². The summed E-state index contributed by atoms with van der Waals surface area (Å²) in [7, 11) is -4.05. The van der Waals surface area contributed by atoms with E-state index >= 15 is 0 Å². The molecule has 2 rings (SSSR count). The molecule has 1 saturated heterocycles. The van der Waals surface area contributed by atoms with E-state index in [0.717, 1.165) is 5.56 Å². The molecule has 0 bridgehead atoms. The second kappa shape index (κ2) is 5.22. The number of hydrogen-bond acceptors (Lipinski definition) is 5. The molecule has 1 aliphatic heterocycles. The maximum absolute atomic E-state index is 12.0. The predicted octanol–water partition coefficient (Wildman–Crippen LogP) is -1.09. The molecule has 0 spiro atoms. The Labute approximate surface area is 116 Å². The summed E-state index contributed by atoms with van der Waals surface area (Å²) in [6, 6.07) is 5.90. The number of nitrogens with one attached hydrogen (secondary N) is 2. The first-order valence-corrected chi connectivity index (χ1v) is 7.39. The van der Waals surface area contributed by atoms with Crippen molar-refractivity contribution in [2.24, 2.45) is 5.92 Å². The van der Waals surface area contributed by atoms with Gasteiger partial charge in [-0.3, -0.25) is 9.59 Å². The number of amides is 2. The first-order chi connectivity index (χ1) is 9.31. The van der Waals surface area contributed by atoms with Crippen molar-refractivity contribution in [1.82, 2.24) is 10.0 Å². The number of aryl methyl sites for hydroxylation is 1. The average molecular weight is 298 g/mol. The Bertz CT molecular complexity index is 638. The number of carbonyl (C=O) groups excluding carboxylic acids is 2. The van der Waals surface area contributed by atoms with Crippen LogP contribution in [0.15, 0.2) is 29.2 Å². The van der Waals surface area contributed by atoms with Crippen molar-refractivity contribution in [3.8, 4) is 0 Å². The van der Waals surface area contributed by atoms with Gasteiger partial charge in [0, 0.05) is 6.54 Å². The Hall–Kier alpha value is -1.93. The van der Waals surface area contributed by atoms with E-state index in [0.29, 0.717) is 0 Å². The lowest BCUT2D eigenvalue weighted by Gasteiger charge is -2.12. The molecule has 7 nitrogen and oxygen atoms in total. The van der Waals surface area contributed by atoms with Crippen LogP contribution in [0.5, 0.6) is 0 Å². The van der Waals surface area contributed by atoms with Gasteiger partial charge in [0.2, 0.25) is 11.8 Å². The molecule has 1 aromatic carbocycles. The Morgan fingerprint density at radius 3 is 2.45 bits per heavy atom. The van der Waals surface area contributed by atoms with E-state index in [9.17, 15) is 23.1 Å². The molecule has 0 aliphatic carbocycles. The van der Waals surface area contributed by atoms with Crippen LogP contribution < -0.4 is 10.0 Å². The summed E-state index contributed by atoms with van der Waals surface area (Å²) in [4.78, 5) is 23.1. The van der Waals surface area contributed by atoms with Gasteiger partial charge in [-0.15, -0.1) is 0 Å². The first kappa shape index (κ1) is 14.5. The van der Waals surface area contributed by atoms with E-state index in [4.69, 9.17) is 0 Å². The molecule has 2 amide bonds. The monoisotopic (exact) mass is 298 g/mol. The summed E-state index contributed by atoms with van der Waals surface area (Å²) in [5, 5.41) is 11.8. The van der Waals surface area contributed by atoms with Gasteiger partial charge >= 0.3 is 0 Å².